The number of likely N-dealkylation sites (N-methyl/N-ethyl adjacent to an activating group) is 1. The number of aliphatic hydroxyl groups excluding tert-OH is 1. The van der Waals surface area contributed by atoms with Gasteiger partial charge in [0.1, 0.15) is 17.6 Å². The summed E-state index contributed by atoms with van der Waals surface area (Å²) < 4.78 is 17.9. The predicted octanol–water partition coefficient (Wildman–Crippen LogP) is 2.42. The Labute approximate surface area is 208 Å². The number of Topliss-reactive ketones (excluding diaryl/α,β-unsaturated/α-hetero) is 1. The molecule has 0 aromatic heterocycles. The summed E-state index contributed by atoms with van der Waals surface area (Å²) >= 11 is 0. The summed E-state index contributed by atoms with van der Waals surface area (Å²) in [6.07, 6.45) is 1.23. The molecule has 196 valence electrons. The smallest absolute Gasteiger partial charge is 0.323 e. The number of ketones is 1. The number of hydrogen-bond donors (Lipinski definition) is 2. The van der Waals surface area contributed by atoms with Crippen molar-refractivity contribution in [3.63, 3.8) is 0 Å². The number of carbonyl (C=O) groups excluding carboxylic acids is 3. The maximum absolute atomic E-state index is 14.2. The number of nitrogens with one attached hydrogen (secondary N) is 1. The van der Waals surface area contributed by atoms with Gasteiger partial charge < -0.3 is 24.6 Å². The normalized spacial score (nSPS) is 42.6. The topological polar surface area (TPSA) is 111 Å². The maximum atomic E-state index is 14.2. The van der Waals surface area contributed by atoms with Gasteiger partial charge in [-0.05, 0) is 56.6 Å². The fourth-order valence-electron chi connectivity index (χ4n) is 8.43. The first-order valence-electron chi connectivity index (χ1n) is 12.8. The molecule has 0 aromatic rings. The van der Waals surface area contributed by atoms with Crippen molar-refractivity contribution >= 4 is 17.7 Å². The summed E-state index contributed by atoms with van der Waals surface area (Å²) in [7, 11) is 3.27. The van der Waals surface area contributed by atoms with Gasteiger partial charge in [0.05, 0.1) is 18.8 Å². The number of aliphatic hydroxyl groups is 1. The van der Waals surface area contributed by atoms with Crippen molar-refractivity contribution in [1.82, 2.24) is 5.32 Å². The highest BCUT2D eigenvalue weighted by molar-refractivity contribution is 6.05. The van der Waals surface area contributed by atoms with Gasteiger partial charge in [0.15, 0.2) is 5.78 Å². The minimum Gasteiger partial charge on any atom is -0.465 e. The van der Waals surface area contributed by atoms with Crippen LogP contribution in [0.5, 0.6) is 0 Å². The molecule has 2 bridgehead atoms. The molecule has 0 aromatic carbocycles. The average molecular weight is 492 g/mol. The summed E-state index contributed by atoms with van der Waals surface area (Å²) in [5.74, 6) is -2.05. The molecular weight excluding hydrogens is 450 g/mol. The Morgan fingerprint density at radius 3 is 2.54 bits per heavy atom. The Balaban J connectivity index is 1.93. The first kappa shape index (κ1) is 26.3. The van der Waals surface area contributed by atoms with Crippen LogP contribution < -0.4 is 5.32 Å². The SMILES string of the molecule is C=C1C(=O)[C@]23[C@H](OC(=O)[C@H](C)NC)[C@H]1C[C@H](O)[C@H]2[C@]1(COC(C)=O)CCCC(C)(C)[C@H]1C[C@H]3OC. The highest BCUT2D eigenvalue weighted by atomic mass is 16.6. The number of ether oxygens (including phenoxy) is 3. The van der Waals surface area contributed by atoms with Crippen molar-refractivity contribution in [2.24, 2.45) is 34.0 Å². The Kier molecular flexibility index (Phi) is 6.73. The molecule has 8 heteroatoms. The van der Waals surface area contributed by atoms with Crippen LogP contribution in [-0.2, 0) is 28.6 Å². The Morgan fingerprint density at radius 1 is 1.26 bits per heavy atom. The molecule has 0 amide bonds. The molecule has 0 heterocycles. The van der Waals surface area contributed by atoms with Crippen LogP contribution >= 0.6 is 0 Å². The minimum absolute atomic E-state index is 0.0455. The van der Waals surface area contributed by atoms with Crippen LogP contribution in [0.15, 0.2) is 12.2 Å². The second-order valence-corrected chi connectivity index (χ2v) is 11.9. The largest absolute Gasteiger partial charge is 0.465 e. The van der Waals surface area contributed by atoms with Gasteiger partial charge in [-0.25, -0.2) is 0 Å². The zero-order chi connectivity index (χ0) is 25.9. The van der Waals surface area contributed by atoms with E-state index in [1.807, 2.05) is 0 Å². The predicted molar refractivity (Wildman–Crippen MR) is 128 cm³/mol. The van der Waals surface area contributed by atoms with Crippen LogP contribution in [0, 0.1) is 34.0 Å². The average Bonchev–Trinajstić information content (AvgIpc) is 2.93. The summed E-state index contributed by atoms with van der Waals surface area (Å²) in [6, 6.07) is -0.555. The van der Waals surface area contributed by atoms with Crippen molar-refractivity contribution in [3.05, 3.63) is 12.2 Å². The van der Waals surface area contributed by atoms with E-state index in [9.17, 15) is 19.5 Å². The maximum Gasteiger partial charge on any atom is 0.323 e. The minimum atomic E-state index is -1.28. The van der Waals surface area contributed by atoms with Gasteiger partial charge in [0, 0.05) is 31.3 Å². The third-order valence-corrected chi connectivity index (χ3v) is 9.92. The Morgan fingerprint density at radius 2 is 1.94 bits per heavy atom. The molecule has 8 nitrogen and oxygen atoms in total. The number of esters is 2. The van der Waals surface area contributed by atoms with Crippen molar-refractivity contribution < 1.29 is 33.7 Å². The molecule has 4 aliphatic carbocycles. The molecule has 2 N–H and O–H groups in total. The molecule has 0 aliphatic heterocycles. The van der Waals surface area contributed by atoms with E-state index in [-0.39, 0.29) is 36.1 Å². The molecule has 4 fully saturated rings. The molecule has 0 unspecified atom stereocenters. The molecule has 4 rings (SSSR count). The van der Waals surface area contributed by atoms with Gasteiger partial charge in [-0.3, -0.25) is 14.4 Å². The molecule has 35 heavy (non-hydrogen) atoms. The van der Waals surface area contributed by atoms with Crippen molar-refractivity contribution in [2.75, 3.05) is 20.8 Å². The zero-order valence-corrected chi connectivity index (χ0v) is 21.9. The van der Waals surface area contributed by atoms with Crippen molar-refractivity contribution in [3.8, 4) is 0 Å². The number of fused-ring (bicyclic) bond motifs is 3. The van der Waals surface area contributed by atoms with Gasteiger partial charge in [0.25, 0.3) is 0 Å². The third-order valence-electron chi connectivity index (χ3n) is 9.92. The van der Waals surface area contributed by atoms with Crippen LogP contribution in [0.2, 0.25) is 0 Å². The summed E-state index contributed by atoms with van der Waals surface area (Å²) in [5, 5.41) is 14.6. The molecule has 9 atom stereocenters. The molecule has 4 saturated carbocycles. The van der Waals surface area contributed by atoms with E-state index in [2.05, 4.69) is 25.7 Å². The summed E-state index contributed by atoms with van der Waals surface area (Å²) in [6.45, 7) is 11.8. The van der Waals surface area contributed by atoms with E-state index in [1.165, 1.54) is 6.92 Å². The lowest BCUT2D eigenvalue weighted by atomic mass is 9.39. The number of carbonyl (C=O) groups is 3. The van der Waals surface area contributed by atoms with Crippen molar-refractivity contribution in [1.29, 1.82) is 0 Å². The van der Waals surface area contributed by atoms with E-state index >= 15 is 0 Å². The van der Waals surface area contributed by atoms with Crippen molar-refractivity contribution in [2.45, 2.75) is 84.2 Å². The quantitative estimate of drug-likeness (QED) is 0.431. The highest BCUT2D eigenvalue weighted by Crippen LogP contribution is 2.72. The van der Waals surface area contributed by atoms with Crippen LogP contribution in [0.1, 0.15) is 59.8 Å². The van der Waals surface area contributed by atoms with Crippen LogP contribution in [0.3, 0.4) is 0 Å². The second-order valence-electron chi connectivity index (χ2n) is 11.9. The molecule has 4 aliphatic rings. The molecule has 0 saturated heterocycles. The zero-order valence-electron chi connectivity index (χ0n) is 21.9. The van der Waals surface area contributed by atoms with E-state index in [0.29, 0.717) is 18.4 Å². The number of rotatable bonds is 6. The van der Waals surface area contributed by atoms with Crippen LogP contribution in [-0.4, -0.2) is 67.9 Å². The fourth-order valence-corrected chi connectivity index (χ4v) is 8.43. The Hall–Kier alpha value is -1.77. The summed E-state index contributed by atoms with van der Waals surface area (Å²) in [4.78, 5) is 39.2. The van der Waals surface area contributed by atoms with Gasteiger partial charge in [-0.2, -0.15) is 0 Å². The van der Waals surface area contributed by atoms with Gasteiger partial charge >= 0.3 is 11.9 Å². The van der Waals surface area contributed by atoms with Gasteiger partial charge in [-0.1, -0.05) is 26.8 Å². The summed E-state index contributed by atoms with van der Waals surface area (Å²) in [5.41, 5.74) is -1.65. The monoisotopic (exact) mass is 491 g/mol. The number of hydrogen-bond acceptors (Lipinski definition) is 8. The lowest BCUT2D eigenvalue weighted by molar-refractivity contribution is -0.272. The van der Waals surface area contributed by atoms with E-state index in [4.69, 9.17) is 14.2 Å². The van der Waals surface area contributed by atoms with Crippen LogP contribution in [0.4, 0.5) is 0 Å². The second kappa shape index (κ2) is 8.96. The Bertz CT molecular complexity index is 915. The highest BCUT2D eigenvalue weighted by Gasteiger charge is 2.78. The van der Waals surface area contributed by atoms with E-state index in [0.717, 1.165) is 12.8 Å². The van der Waals surface area contributed by atoms with E-state index < -0.39 is 53.0 Å². The lowest BCUT2D eigenvalue weighted by Gasteiger charge is -2.67. The first-order chi connectivity index (χ1) is 16.4. The molecule has 0 radical (unpaired) electrons. The van der Waals surface area contributed by atoms with E-state index in [1.54, 1.807) is 21.1 Å². The first-order valence-corrected chi connectivity index (χ1v) is 12.8. The third kappa shape index (κ3) is 3.62. The standard InChI is InChI=1S/C27H41NO7/c1-14-17-11-18(30)21-26(13-34-16(3)29)10-8-9-25(4,5)19(26)12-20(33-7)27(21,22(14)31)23(17)35-24(32)15(2)28-6/h15,17-21,23,28,30H,1,8-13H2,2-7H3/t15-,17-,18-,19+,20+,21-,23+,26-,27+/m0/s1. The number of methoxy groups -OCH3 is 1. The van der Waals surface area contributed by atoms with Gasteiger partial charge in [-0.15, -0.1) is 0 Å². The lowest BCUT2D eigenvalue weighted by Crippen LogP contribution is -2.72. The van der Waals surface area contributed by atoms with Crippen LogP contribution in [0.25, 0.3) is 0 Å². The molecular formula is C27H41NO7. The van der Waals surface area contributed by atoms with Gasteiger partial charge in [0.2, 0.25) is 0 Å². The fraction of sp³-hybridized carbons (Fsp3) is 0.815. The molecule has 1 spiro atoms.